The van der Waals surface area contributed by atoms with Crippen molar-refractivity contribution in [2.24, 2.45) is 5.41 Å². The van der Waals surface area contributed by atoms with Gasteiger partial charge in [0.25, 0.3) is 0 Å². The van der Waals surface area contributed by atoms with Crippen LogP contribution in [0.5, 0.6) is 11.5 Å². The van der Waals surface area contributed by atoms with Gasteiger partial charge < -0.3 is 18.9 Å². The molecule has 0 aromatic heterocycles. The first-order valence-electron chi connectivity index (χ1n) is 11.7. The van der Waals surface area contributed by atoms with Crippen LogP contribution in [-0.2, 0) is 25.5 Å². The minimum absolute atomic E-state index is 0.0517. The van der Waals surface area contributed by atoms with Crippen LogP contribution in [0, 0.1) is 12.3 Å². The summed E-state index contributed by atoms with van der Waals surface area (Å²) < 4.78 is 19.5. The van der Waals surface area contributed by atoms with Crippen molar-refractivity contribution >= 4 is 17.7 Å². The van der Waals surface area contributed by atoms with Gasteiger partial charge >= 0.3 is 11.9 Å². The van der Waals surface area contributed by atoms with E-state index in [1.54, 1.807) is 20.3 Å². The molecule has 0 N–H and O–H groups in total. The molecule has 0 unspecified atom stereocenters. The Labute approximate surface area is 208 Å². The maximum atomic E-state index is 13.0. The van der Waals surface area contributed by atoms with E-state index >= 15 is 0 Å². The monoisotopic (exact) mass is 486 g/mol. The van der Waals surface area contributed by atoms with E-state index in [9.17, 15) is 14.4 Å². The van der Waals surface area contributed by atoms with Crippen molar-refractivity contribution in [1.29, 1.82) is 0 Å². The number of aryl methyl sites for hydroxylation is 1. The number of benzene rings is 2. The summed E-state index contributed by atoms with van der Waals surface area (Å²) >= 11 is 0. The first-order chi connectivity index (χ1) is 16.8. The number of ketones is 1. The largest absolute Gasteiger partial charge is 0.497 e. The topological polar surface area (TPSA) is 88.1 Å². The summed E-state index contributed by atoms with van der Waals surface area (Å²) in [6.45, 7) is 6.06. The lowest BCUT2D eigenvalue weighted by molar-refractivity contribution is -0.141. The van der Waals surface area contributed by atoms with E-state index in [2.05, 4.69) is 16.4 Å². The molecule has 0 radical (unpaired) electrons. The molecule has 0 saturated carbocycles. The van der Waals surface area contributed by atoms with Gasteiger partial charge in [0.1, 0.15) is 11.5 Å². The van der Waals surface area contributed by atoms with Gasteiger partial charge in [0, 0.05) is 23.8 Å². The number of carbonyl (C=O) groups is 3. The normalized spacial score (nSPS) is 12.7. The molecule has 7 nitrogen and oxygen atoms in total. The second kappa shape index (κ2) is 14.8. The molecular weight excluding hydrogens is 448 g/mol. The molecule has 1 aliphatic carbocycles. The Bertz CT molecular complexity index is 944. The molecule has 35 heavy (non-hydrogen) atoms. The molecule has 0 heterocycles. The first kappa shape index (κ1) is 29.7. The van der Waals surface area contributed by atoms with Crippen LogP contribution in [0.25, 0.3) is 0 Å². The summed E-state index contributed by atoms with van der Waals surface area (Å²) in [4.78, 5) is 36.1. The fraction of sp³-hybridized carbons (Fsp3) is 0.464. The lowest BCUT2D eigenvalue weighted by Crippen LogP contribution is -2.30. The van der Waals surface area contributed by atoms with Crippen LogP contribution in [-0.4, -0.2) is 46.2 Å². The number of Topliss-reactive ketones (excluding diaryl/α,β-unsaturated/α-hetero) is 1. The summed E-state index contributed by atoms with van der Waals surface area (Å²) in [6.07, 6.45) is 1.45. The molecule has 0 atom stereocenters. The van der Waals surface area contributed by atoms with Crippen LogP contribution < -0.4 is 9.47 Å². The van der Waals surface area contributed by atoms with E-state index in [1.807, 2.05) is 50.2 Å². The minimum Gasteiger partial charge on any atom is -0.497 e. The minimum atomic E-state index is -0.781. The van der Waals surface area contributed by atoms with Gasteiger partial charge in [0.15, 0.2) is 5.78 Å². The number of fused-ring (bicyclic) bond motifs is 1. The highest BCUT2D eigenvalue weighted by Gasteiger charge is 2.45. The highest BCUT2D eigenvalue weighted by molar-refractivity contribution is 6.05. The van der Waals surface area contributed by atoms with Crippen LogP contribution in [0.3, 0.4) is 0 Å². The molecule has 1 aliphatic rings. The molecular formula is C28H38O7. The van der Waals surface area contributed by atoms with Crippen molar-refractivity contribution in [3.8, 4) is 11.5 Å². The van der Waals surface area contributed by atoms with Crippen LogP contribution in [0.4, 0.5) is 0 Å². The van der Waals surface area contributed by atoms with Gasteiger partial charge in [-0.25, -0.2) is 0 Å². The first-order valence-corrected chi connectivity index (χ1v) is 11.7. The van der Waals surface area contributed by atoms with Crippen molar-refractivity contribution in [1.82, 2.24) is 0 Å². The summed E-state index contributed by atoms with van der Waals surface area (Å²) in [5.74, 6) is 0.742. The van der Waals surface area contributed by atoms with Gasteiger partial charge in [-0.1, -0.05) is 37.6 Å². The fourth-order valence-corrected chi connectivity index (χ4v) is 3.87. The summed E-state index contributed by atoms with van der Waals surface area (Å²) in [5, 5.41) is 0. The fourth-order valence-electron chi connectivity index (χ4n) is 3.87. The molecule has 2 aromatic rings. The lowest BCUT2D eigenvalue weighted by Gasteiger charge is -2.26. The molecule has 3 rings (SSSR count). The third-order valence-electron chi connectivity index (χ3n) is 5.90. The summed E-state index contributed by atoms with van der Waals surface area (Å²) in [6, 6.07) is 13.4. The molecule has 0 aliphatic heterocycles. The molecule has 0 bridgehead atoms. The zero-order valence-electron chi connectivity index (χ0n) is 21.9. The molecule has 0 saturated heterocycles. The van der Waals surface area contributed by atoms with E-state index in [-0.39, 0.29) is 30.6 Å². The highest BCUT2D eigenvalue weighted by Crippen LogP contribution is 2.45. The van der Waals surface area contributed by atoms with Gasteiger partial charge in [-0.2, -0.15) is 0 Å². The Morgan fingerprint density at radius 1 is 0.800 bits per heavy atom. The van der Waals surface area contributed by atoms with Gasteiger partial charge in [0.05, 0.1) is 28.4 Å². The molecule has 7 heteroatoms. The number of ether oxygens (including phenoxy) is 4. The van der Waals surface area contributed by atoms with E-state index < -0.39 is 5.41 Å². The van der Waals surface area contributed by atoms with Crippen molar-refractivity contribution < 1.29 is 33.3 Å². The van der Waals surface area contributed by atoms with Gasteiger partial charge in [-0.05, 0) is 56.0 Å². The number of esters is 2. The van der Waals surface area contributed by atoms with E-state index in [4.69, 9.17) is 9.47 Å². The maximum absolute atomic E-state index is 13.0. The third-order valence-corrected chi connectivity index (χ3v) is 5.90. The SMILES string of the molecule is CC.COC(=O)CCC1(CCC(=O)OC)Cc2ccc(OC)cc2C1=O.COc1ccc(C)cc1. The Balaban J connectivity index is 0.000000464. The van der Waals surface area contributed by atoms with E-state index in [0.717, 1.165) is 11.3 Å². The predicted molar refractivity (Wildman–Crippen MR) is 135 cm³/mol. The number of rotatable bonds is 8. The predicted octanol–water partition coefficient (Wildman–Crippen LogP) is 5.36. The zero-order valence-corrected chi connectivity index (χ0v) is 21.9. The number of carbonyl (C=O) groups excluding carboxylic acids is 3. The van der Waals surface area contributed by atoms with Gasteiger partial charge in [-0.3, -0.25) is 14.4 Å². The van der Waals surface area contributed by atoms with Crippen molar-refractivity contribution in [3.05, 3.63) is 59.2 Å². The average Bonchev–Trinajstić information content (AvgIpc) is 3.18. The lowest BCUT2D eigenvalue weighted by atomic mass is 9.75. The molecule has 0 fully saturated rings. The molecule has 192 valence electrons. The second-order valence-corrected chi connectivity index (χ2v) is 7.98. The van der Waals surface area contributed by atoms with E-state index in [0.29, 0.717) is 30.6 Å². The van der Waals surface area contributed by atoms with Crippen LogP contribution in [0.1, 0.15) is 61.0 Å². The standard InChI is InChI=1S/C18H22O6.C8H10O.C2H6/c1-22-13-5-4-12-11-18(8-6-15(19)23-2,9-7-16(20)24-3)17(21)14(12)10-13;1-7-3-5-8(9-2)6-4-7;1-2/h4-5,10H,6-9,11H2,1-3H3;3-6H,1-2H3;1-2H3. The summed E-state index contributed by atoms with van der Waals surface area (Å²) in [5.41, 5.74) is 1.99. The van der Waals surface area contributed by atoms with Crippen molar-refractivity contribution in [2.45, 2.75) is 52.9 Å². The Hall–Kier alpha value is -3.35. The van der Waals surface area contributed by atoms with E-state index in [1.165, 1.54) is 19.8 Å². The maximum Gasteiger partial charge on any atom is 0.305 e. The number of hydrogen-bond donors (Lipinski definition) is 0. The van der Waals surface area contributed by atoms with Gasteiger partial charge in [-0.15, -0.1) is 0 Å². The molecule has 2 aromatic carbocycles. The summed E-state index contributed by atoms with van der Waals surface area (Å²) in [7, 11) is 5.85. The zero-order chi connectivity index (χ0) is 26.4. The smallest absolute Gasteiger partial charge is 0.305 e. The third kappa shape index (κ3) is 8.42. The Morgan fingerprint density at radius 3 is 1.74 bits per heavy atom. The molecule has 0 spiro atoms. The quantitative estimate of drug-likeness (QED) is 0.464. The van der Waals surface area contributed by atoms with Crippen molar-refractivity contribution in [2.75, 3.05) is 28.4 Å². The van der Waals surface area contributed by atoms with Crippen LogP contribution >= 0.6 is 0 Å². The molecule has 0 amide bonds. The highest BCUT2D eigenvalue weighted by atomic mass is 16.5. The van der Waals surface area contributed by atoms with Gasteiger partial charge in [0.2, 0.25) is 0 Å². The number of methoxy groups -OCH3 is 4. The second-order valence-electron chi connectivity index (χ2n) is 7.98. The van der Waals surface area contributed by atoms with Crippen molar-refractivity contribution in [3.63, 3.8) is 0 Å². The Morgan fingerprint density at radius 2 is 1.29 bits per heavy atom. The van der Waals surface area contributed by atoms with Crippen LogP contribution in [0.2, 0.25) is 0 Å². The Kier molecular flexibility index (Phi) is 12.6. The van der Waals surface area contributed by atoms with Crippen LogP contribution in [0.15, 0.2) is 42.5 Å². The average molecular weight is 487 g/mol. The number of hydrogen-bond acceptors (Lipinski definition) is 7.